The number of carboxylic acids is 1. The van der Waals surface area contributed by atoms with Crippen LogP contribution in [0.4, 0.5) is 5.13 Å². The third kappa shape index (κ3) is 6.08. The van der Waals surface area contributed by atoms with Gasteiger partial charge in [-0.3, -0.25) is 19.7 Å². The van der Waals surface area contributed by atoms with Crippen LogP contribution in [0.2, 0.25) is 0 Å². The van der Waals surface area contributed by atoms with Gasteiger partial charge in [0.05, 0.1) is 27.9 Å². The van der Waals surface area contributed by atoms with E-state index in [1.165, 1.54) is 30.2 Å². The lowest BCUT2D eigenvalue weighted by Crippen LogP contribution is -2.16. The van der Waals surface area contributed by atoms with Crippen LogP contribution in [-0.2, 0) is 22.4 Å². The van der Waals surface area contributed by atoms with Crippen molar-refractivity contribution in [1.29, 1.82) is 0 Å². The highest BCUT2D eigenvalue weighted by Crippen LogP contribution is 2.41. The number of aromatic nitrogens is 4. The maximum atomic E-state index is 11.2. The summed E-state index contributed by atoms with van der Waals surface area (Å²) in [5, 5.41) is 19.6. The Labute approximate surface area is 205 Å². The number of H-pyrrole nitrogens is 1. The number of carbonyl (C=O) groups excluding carboxylic acids is 1. The molecule has 0 bridgehead atoms. The molecule has 1 fully saturated rings. The van der Waals surface area contributed by atoms with Crippen LogP contribution in [0, 0.1) is 12.8 Å². The Kier molecular flexibility index (Phi) is 8.92. The Morgan fingerprint density at radius 1 is 1.18 bits per heavy atom. The molecule has 3 N–H and O–H groups in total. The van der Waals surface area contributed by atoms with E-state index < -0.39 is 5.97 Å². The Bertz CT molecular complexity index is 1120. The van der Waals surface area contributed by atoms with Crippen molar-refractivity contribution < 1.29 is 16.1 Å². The Morgan fingerprint density at radius 3 is 2.50 bits per heavy atom. The monoisotopic (exact) mass is 485 g/mol. The molecule has 184 valence electrons. The van der Waals surface area contributed by atoms with Gasteiger partial charge in [-0.05, 0) is 44.7 Å². The molecular weight excluding hydrogens is 450 g/mol. The number of rotatable bonds is 3. The van der Waals surface area contributed by atoms with Gasteiger partial charge in [0.15, 0.2) is 5.13 Å². The molecule has 1 saturated carbocycles. The summed E-state index contributed by atoms with van der Waals surface area (Å²) in [4.78, 5) is 31.5. The Morgan fingerprint density at radius 2 is 1.91 bits per heavy atom. The molecule has 0 unspecified atom stereocenters. The highest BCUT2D eigenvalue weighted by molar-refractivity contribution is 7.19. The maximum Gasteiger partial charge on any atom is 0.306 e. The molecule has 0 spiro atoms. The third-order valence-electron chi connectivity index (χ3n) is 5.83. The number of pyridine rings is 1. The van der Waals surface area contributed by atoms with E-state index in [9.17, 15) is 9.59 Å². The molecule has 0 aliphatic heterocycles. The number of nitrogens with one attached hydrogen (secondary N) is 2. The number of hydrogen-bond acceptors (Lipinski definition) is 6. The lowest BCUT2D eigenvalue weighted by atomic mass is 9.90. The van der Waals surface area contributed by atoms with Crippen molar-refractivity contribution in [3.63, 3.8) is 0 Å². The number of aryl methyl sites for hydroxylation is 2. The number of anilines is 1. The maximum absolute atomic E-state index is 11.2. The van der Waals surface area contributed by atoms with Crippen molar-refractivity contribution in [1.82, 2.24) is 20.2 Å². The zero-order valence-corrected chi connectivity index (χ0v) is 21.1. The Balaban J connectivity index is 0.000000305. The molecule has 0 saturated heterocycles. The van der Waals surface area contributed by atoms with Crippen molar-refractivity contribution in [2.75, 3.05) is 5.32 Å². The first-order valence-corrected chi connectivity index (χ1v) is 12.7. The fraction of sp³-hybridized carbons (Fsp3) is 0.480. The molecular formula is C25H35N5O3S. The van der Waals surface area contributed by atoms with E-state index in [0.717, 1.165) is 71.7 Å². The van der Waals surface area contributed by atoms with E-state index in [1.54, 1.807) is 0 Å². The van der Waals surface area contributed by atoms with Crippen molar-refractivity contribution >= 4 is 28.3 Å². The molecule has 34 heavy (non-hydrogen) atoms. The second-order valence-corrected chi connectivity index (χ2v) is 9.26. The van der Waals surface area contributed by atoms with E-state index in [0.29, 0.717) is 5.13 Å². The zero-order chi connectivity index (χ0) is 24.7. The zero-order valence-electron chi connectivity index (χ0n) is 20.3. The number of nitrogens with zero attached hydrogens (tertiary/aromatic N) is 3. The molecule has 2 aliphatic carbocycles. The summed E-state index contributed by atoms with van der Waals surface area (Å²) >= 11 is 1.49. The van der Waals surface area contributed by atoms with Gasteiger partial charge in [-0.1, -0.05) is 44.4 Å². The minimum Gasteiger partial charge on any atom is -0.481 e. The number of thiazole rings is 1. The van der Waals surface area contributed by atoms with E-state index in [2.05, 4.69) is 25.5 Å². The summed E-state index contributed by atoms with van der Waals surface area (Å²) in [6.45, 7) is 7.46. The van der Waals surface area contributed by atoms with Crippen LogP contribution in [0.3, 0.4) is 0 Å². The minimum atomic E-state index is -0.602. The first-order chi connectivity index (χ1) is 16.4. The van der Waals surface area contributed by atoms with Crippen molar-refractivity contribution in [2.24, 2.45) is 5.92 Å². The van der Waals surface area contributed by atoms with E-state index >= 15 is 0 Å². The van der Waals surface area contributed by atoms with Crippen molar-refractivity contribution in [3.05, 3.63) is 35.3 Å². The van der Waals surface area contributed by atoms with Crippen molar-refractivity contribution in [3.8, 4) is 21.8 Å². The van der Waals surface area contributed by atoms with Gasteiger partial charge >= 0.3 is 5.97 Å². The summed E-state index contributed by atoms with van der Waals surface area (Å²) < 4.78 is 0. The van der Waals surface area contributed by atoms with Gasteiger partial charge < -0.3 is 10.4 Å². The molecule has 3 aromatic rings. The standard InChI is InChI=1S/C16H15N5OS.C7H12O2.C2H6.H2/c1-8-3-4-10(7-17-8)13-11-5-6-12-15(14(11)21-20-13)23-16(19-12)18-9(2)22;8-7(9)6-4-2-1-3-5-6;1-2;/h3-4,7H,5-6H2,1-2H3,(H,20,21)(H,18,19,22);6H,1-5H2,(H,8,9);1-2H3;1H. The van der Waals surface area contributed by atoms with Crippen LogP contribution in [0.1, 0.15) is 71.3 Å². The number of hydrogen-bond donors (Lipinski definition) is 3. The topological polar surface area (TPSA) is 121 Å². The molecule has 0 aromatic carbocycles. The third-order valence-corrected chi connectivity index (χ3v) is 6.86. The number of aliphatic carboxylic acids is 1. The van der Waals surface area contributed by atoms with Crippen LogP contribution < -0.4 is 5.32 Å². The SMILES string of the molecule is CC.CC(=O)Nc1nc2c(s1)-c1[nH]nc(-c3ccc(C)nc3)c1CC2.O=C(O)C1CCCCC1.[HH]. The molecule has 0 radical (unpaired) electrons. The number of aromatic amines is 1. The molecule has 1 amide bonds. The quantitative estimate of drug-likeness (QED) is 0.426. The van der Waals surface area contributed by atoms with E-state index in [4.69, 9.17) is 5.11 Å². The highest BCUT2D eigenvalue weighted by Gasteiger charge is 2.26. The summed E-state index contributed by atoms with van der Waals surface area (Å²) in [5.41, 5.74) is 6.18. The minimum absolute atomic E-state index is 0. The summed E-state index contributed by atoms with van der Waals surface area (Å²) in [6.07, 6.45) is 8.83. The smallest absolute Gasteiger partial charge is 0.306 e. The first kappa shape index (κ1) is 25.6. The molecule has 0 atom stereocenters. The van der Waals surface area contributed by atoms with E-state index in [-0.39, 0.29) is 13.3 Å². The van der Waals surface area contributed by atoms with Crippen LogP contribution in [-0.4, -0.2) is 37.1 Å². The molecule has 3 aromatic heterocycles. The van der Waals surface area contributed by atoms with Gasteiger partial charge in [0.1, 0.15) is 0 Å². The van der Waals surface area contributed by atoms with Crippen LogP contribution in [0.25, 0.3) is 21.8 Å². The lowest BCUT2D eigenvalue weighted by molar-refractivity contribution is -0.142. The summed E-state index contributed by atoms with van der Waals surface area (Å²) in [7, 11) is 0. The molecule has 9 heteroatoms. The van der Waals surface area contributed by atoms with E-state index in [1.807, 2.05) is 39.1 Å². The number of fused-ring (bicyclic) bond motifs is 3. The molecule has 3 heterocycles. The van der Waals surface area contributed by atoms with Crippen LogP contribution in [0.5, 0.6) is 0 Å². The van der Waals surface area contributed by atoms with Crippen LogP contribution in [0.15, 0.2) is 18.3 Å². The average molecular weight is 486 g/mol. The predicted molar refractivity (Wildman–Crippen MR) is 137 cm³/mol. The second kappa shape index (κ2) is 11.9. The molecule has 5 rings (SSSR count). The molecule has 2 aliphatic rings. The fourth-order valence-corrected chi connectivity index (χ4v) is 5.24. The van der Waals surface area contributed by atoms with Gasteiger partial charge in [0.2, 0.25) is 5.91 Å². The van der Waals surface area contributed by atoms with Gasteiger partial charge in [0.25, 0.3) is 0 Å². The largest absolute Gasteiger partial charge is 0.481 e. The number of amides is 1. The number of carboxylic acid groups (broad SMARTS) is 1. The second-order valence-electron chi connectivity index (χ2n) is 8.26. The summed E-state index contributed by atoms with van der Waals surface area (Å²) in [5.74, 6) is -0.735. The Hall–Kier alpha value is -3.07. The van der Waals surface area contributed by atoms with Gasteiger partial charge in [-0.25, -0.2) is 4.98 Å². The first-order valence-electron chi connectivity index (χ1n) is 11.9. The van der Waals surface area contributed by atoms with Gasteiger partial charge in [-0.15, -0.1) is 0 Å². The average Bonchev–Trinajstić information content (AvgIpc) is 3.45. The fourth-order valence-electron chi connectivity index (χ4n) is 4.16. The van der Waals surface area contributed by atoms with Gasteiger partial charge in [0, 0.05) is 31.4 Å². The molecule has 8 nitrogen and oxygen atoms in total. The summed E-state index contributed by atoms with van der Waals surface area (Å²) in [6, 6.07) is 4.04. The lowest BCUT2D eigenvalue weighted by Gasteiger charge is -2.16. The highest BCUT2D eigenvalue weighted by atomic mass is 32.1. The van der Waals surface area contributed by atoms with Gasteiger partial charge in [-0.2, -0.15) is 5.10 Å². The number of carbonyl (C=O) groups is 2. The predicted octanol–water partition coefficient (Wildman–Crippen LogP) is 5.88. The van der Waals surface area contributed by atoms with Crippen LogP contribution >= 0.6 is 11.3 Å². The normalized spacial score (nSPS) is 14.5. The van der Waals surface area contributed by atoms with Crippen molar-refractivity contribution in [2.45, 2.75) is 72.6 Å².